The number of hydrogen-bond donors (Lipinski definition) is 1. The van der Waals surface area contributed by atoms with Crippen molar-refractivity contribution in [2.75, 3.05) is 20.3 Å². The van der Waals surface area contributed by atoms with Gasteiger partial charge < -0.3 is 10.1 Å². The molecule has 0 atom stereocenters. The standard InChI is InChI=1S/C16H25NO/c1-13-5-4-6-15(14(13)2)11-17-12-16(7-8-16)9-10-18-3/h4-6,17H,7-12H2,1-3H3. The van der Waals surface area contributed by atoms with Crippen LogP contribution in [0.15, 0.2) is 18.2 Å². The SMILES string of the molecule is COCCC1(CNCc2cccc(C)c2C)CC1. The number of ether oxygens (including phenoxy) is 1. The summed E-state index contributed by atoms with van der Waals surface area (Å²) in [6, 6.07) is 6.56. The van der Waals surface area contributed by atoms with Crippen LogP contribution >= 0.6 is 0 Å². The highest BCUT2D eigenvalue weighted by Gasteiger charge is 2.41. The minimum Gasteiger partial charge on any atom is -0.385 e. The van der Waals surface area contributed by atoms with Crippen molar-refractivity contribution in [3.8, 4) is 0 Å². The van der Waals surface area contributed by atoms with E-state index in [9.17, 15) is 0 Å². The number of methoxy groups -OCH3 is 1. The van der Waals surface area contributed by atoms with Crippen LogP contribution < -0.4 is 5.32 Å². The van der Waals surface area contributed by atoms with Gasteiger partial charge in [-0.3, -0.25) is 0 Å². The van der Waals surface area contributed by atoms with Gasteiger partial charge in [0.25, 0.3) is 0 Å². The van der Waals surface area contributed by atoms with E-state index in [2.05, 4.69) is 37.4 Å². The summed E-state index contributed by atoms with van der Waals surface area (Å²) in [4.78, 5) is 0. The summed E-state index contributed by atoms with van der Waals surface area (Å²) < 4.78 is 5.19. The first kappa shape index (κ1) is 13.6. The van der Waals surface area contributed by atoms with Gasteiger partial charge in [-0.15, -0.1) is 0 Å². The number of hydrogen-bond acceptors (Lipinski definition) is 2. The fourth-order valence-electron chi connectivity index (χ4n) is 2.48. The molecule has 1 fully saturated rings. The summed E-state index contributed by atoms with van der Waals surface area (Å²) in [5.41, 5.74) is 4.77. The molecular weight excluding hydrogens is 222 g/mol. The largest absolute Gasteiger partial charge is 0.385 e. The van der Waals surface area contributed by atoms with Gasteiger partial charge in [0.2, 0.25) is 0 Å². The van der Waals surface area contributed by atoms with Gasteiger partial charge in [0.05, 0.1) is 0 Å². The predicted molar refractivity (Wildman–Crippen MR) is 75.8 cm³/mol. The molecule has 1 aliphatic rings. The molecule has 1 saturated carbocycles. The van der Waals surface area contributed by atoms with E-state index in [1.165, 1.54) is 36.0 Å². The molecule has 0 spiro atoms. The van der Waals surface area contributed by atoms with Crippen LogP contribution in [0.3, 0.4) is 0 Å². The van der Waals surface area contributed by atoms with Crippen LogP contribution in [0.4, 0.5) is 0 Å². The molecular formula is C16H25NO. The lowest BCUT2D eigenvalue weighted by molar-refractivity contribution is 0.171. The number of benzene rings is 1. The highest BCUT2D eigenvalue weighted by molar-refractivity contribution is 5.32. The lowest BCUT2D eigenvalue weighted by atomic mass is 10.0. The Bertz CT molecular complexity index is 396. The van der Waals surface area contributed by atoms with E-state index in [-0.39, 0.29) is 0 Å². The molecule has 1 N–H and O–H groups in total. The highest BCUT2D eigenvalue weighted by atomic mass is 16.5. The Morgan fingerprint density at radius 1 is 1.28 bits per heavy atom. The second kappa shape index (κ2) is 5.85. The smallest absolute Gasteiger partial charge is 0.0468 e. The van der Waals surface area contributed by atoms with Crippen molar-refractivity contribution in [1.82, 2.24) is 5.32 Å². The first-order chi connectivity index (χ1) is 8.67. The Morgan fingerprint density at radius 2 is 2.06 bits per heavy atom. The second-order valence-corrected chi connectivity index (χ2v) is 5.71. The Balaban J connectivity index is 1.80. The summed E-state index contributed by atoms with van der Waals surface area (Å²) in [5.74, 6) is 0. The highest BCUT2D eigenvalue weighted by Crippen LogP contribution is 2.48. The Labute approximate surface area is 111 Å². The molecule has 0 bridgehead atoms. The lowest BCUT2D eigenvalue weighted by Crippen LogP contribution is -2.25. The number of rotatable bonds is 7. The lowest BCUT2D eigenvalue weighted by Gasteiger charge is -2.16. The van der Waals surface area contributed by atoms with Crippen LogP contribution in [0, 0.1) is 19.3 Å². The normalized spacial score (nSPS) is 16.8. The van der Waals surface area contributed by atoms with E-state index in [1.54, 1.807) is 7.11 Å². The van der Waals surface area contributed by atoms with Crippen LogP contribution in [0.5, 0.6) is 0 Å². The monoisotopic (exact) mass is 247 g/mol. The van der Waals surface area contributed by atoms with E-state index >= 15 is 0 Å². The van der Waals surface area contributed by atoms with Gasteiger partial charge in [-0.05, 0) is 55.2 Å². The molecule has 0 saturated heterocycles. The zero-order chi connectivity index (χ0) is 13.0. The van der Waals surface area contributed by atoms with Crippen LogP contribution in [0.25, 0.3) is 0 Å². The molecule has 0 amide bonds. The summed E-state index contributed by atoms with van der Waals surface area (Å²) in [6.45, 7) is 7.40. The Kier molecular flexibility index (Phi) is 4.41. The first-order valence-electron chi connectivity index (χ1n) is 6.92. The van der Waals surface area contributed by atoms with E-state index in [0.29, 0.717) is 5.41 Å². The van der Waals surface area contributed by atoms with Crippen molar-refractivity contribution in [3.63, 3.8) is 0 Å². The summed E-state index contributed by atoms with van der Waals surface area (Å²) in [7, 11) is 1.79. The molecule has 1 aromatic rings. The summed E-state index contributed by atoms with van der Waals surface area (Å²) >= 11 is 0. The summed E-state index contributed by atoms with van der Waals surface area (Å²) in [5, 5.41) is 3.63. The van der Waals surface area contributed by atoms with Gasteiger partial charge in [0, 0.05) is 26.8 Å². The molecule has 18 heavy (non-hydrogen) atoms. The maximum Gasteiger partial charge on any atom is 0.0468 e. The van der Waals surface area contributed by atoms with Crippen molar-refractivity contribution in [1.29, 1.82) is 0 Å². The third kappa shape index (κ3) is 3.33. The third-order valence-electron chi connectivity index (χ3n) is 4.33. The topological polar surface area (TPSA) is 21.3 Å². The van der Waals surface area contributed by atoms with Gasteiger partial charge in [-0.1, -0.05) is 18.2 Å². The quantitative estimate of drug-likeness (QED) is 0.799. The third-order valence-corrected chi connectivity index (χ3v) is 4.33. The molecule has 0 aromatic heterocycles. The Morgan fingerprint density at radius 3 is 2.72 bits per heavy atom. The van der Waals surface area contributed by atoms with Crippen molar-refractivity contribution in [3.05, 3.63) is 34.9 Å². The molecule has 0 aliphatic heterocycles. The molecule has 0 heterocycles. The molecule has 1 aliphatic carbocycles. The predicted octanol–water partition coefficient (Wildman–Crippen LogP) is 3.21. The van der Waals surface area contributed by atoms with Crippen molar-refractivity contribution in [2.24, 2.45) is 5.41 Å². The van der Waals surface area contributed by atoms with Gasteiger partial charge in [-0.2, -0.15) is 0 Å². The maximum atomic E-state index is 5.19. The molecule has 0 radical (unpaired) electrons. The minimum atomic E-state index is 0.535. The summed E-state index contributed by atoms with van der Waals surface area (Å²) in [6.07, 6.45) is 3.91. The molecule has 2 rings (SSSR count). The van der Waals surface area contributed by atoms with Crippen LogP contribution in [-0.4, -0.2) is 20.3 Å². The van der Waals surface area contributed by atoms with Crippen LogP contribution in [-0.2, 0) is 11.3 Å². The van der Waals surface area contributed by atoms with Crippen LogP contribution in [0.2, 0.25) is 0 Å². The van der Waals surface area contributed by atoms with Crippen molar-refractivity contribution in [2.45, 2.75) is 39.7 Å². The first-order valence-corrected chi connectivity index (χ1v) is 6.92. The second-order valence-electron chi connectivity index (χ2n) is 5.71. The molecule has 2 heteroatoms. The van der Waals surface area contributed by atoms with Gasteiger partial charge >= 0.3 is 0 Å². The van der Waals surface area contributed by atoms with E-state index in [1.807, 2.05) is 0 Å². The number of aryl methyl sites for hydroxylation is 1. The fraction of sp³-hybridized carbons (Fsp3) is 0.625. The molecule has 100 valence electrons. The van der Waals surface area contributed by atoms with E-state index < -0.39 is 0 Å². The maximum absolute atomic E-state index is 5.19. The van der Waals surface area contributed by atoms with Crippen molar-refractivity contribution >= 4 is 0 Å². The number of nitrogens with one attached hydrogen (secondary N) is 1. The van der Waals surface area contributed by atoms with E-state index in [4.69, 9.17) is 4.74 Å². The molecule has 0 unspecified atom stereocenters. The molecule has 2 nitrogen and oxygen atoms in total. The average Bonchev–Trinajstić information content (AvgIpc) is 3.13. The Hall–Kier alpha value is -0.860. The van der Waals surface area contributed by atoms with Gasteiger partial charge in [0.1, 0.15) is 0 Å². The van der Waals surface area contributed by atoms with Gasteiger partial charge in [-0.25, -0.2) is 0 Å². The minimum absolute atomic E-state index is 0.535. The fourth-order valence-corrected chi connectivity index (χ4v) is 2.48. The molecule has 1 aromatic carbocycles. The van der Waals surface area contributed by atoms with E-state index in [0.717, 1.165) is 19.7 Å². The zero-order valence-corrected chi connectivity index (χ0v) is 11.9. The van der Waals surface area contributed by atoms with Gasteiger partial charge in [0.15, 0.2) is 0 Å². The zero-order valence-electron chi connectivity index (χ0n) is 11.9. The van der Waals surface area contributed by atoms with Crippen LogP contribution in [0.1, 0.15) is 36.0 Å². The van der Waals surface area contributed by atoms with Crippen molar-refractivity contribution < 1.29 is 4.74 Å². The average molecular weight is 247 g/mol.